The van der Waals surface area contributed by atoms with Crippen LogP contribution in [0, 0.1) is 5.92 Å². The van der Waals surface area contributed by atoms with E-state index in [4.69, 9.17) is 0 Å². The lowest BCUT2D eigenvalue weighted by Crippen LogP contribution is -2.43. The fourth-order valence-corrected chi connectivity index (χ4v) is 4.54. The third kappa shape index (κ3) is 3.92. The molecule has 0 spiro atoms. The number of benzene rings is 1. The van der Waals surface area contributed by atoms with E-state index in [-0.39, 0.29) is 12.1 Å². The van der Waals surface area contributed by atoms with Gasteiger partial charge in [0.15, 0.2) is 0 Å². The van der Waals surface area contributed by atoms with Crippen LogP contribution in [0.4, 0.5) is 4.79 Å². The molecule has 2 N–H and O–H groups in total. The third-order valence-electron chi connectivity index (χ3n) is 5.77. The number of hydrogen-bond acceptors (Lipinski definition) is 2. The van der Waals surface area contributed by atoms with Crippen molar-refractivity contribution in [1.82, 2.24) is 20.4 Å². The summed E-state index contributed by atoms with van der Waals surface area (Å²) in [7, 11) is 1.95. The smallest absolute Gasteiger partial charge is 0.315 e. The predicted octanol–water partition coefficient (Wildman–Crippen LogP) is 3.51. The fourth-order valence-electron chi connectivity index (χ4n) is 4.54. The Hall–Kier alpha value is -2.30. The van der Waals surface area contributed by atoms with E-state index in [0.717, 1.165) is 44.2 Å². The van der Waals surface area contributed by atoms with Crippen molar-refractivity contribution in [2.75, 3.05) is 0 Å². The van der Waals surface area contributed by atoms with Crippen molar-refractivity contribution < 1.29 is 4.79 Å². The second-order valence-corrected chi connectivity index (χ2v) is 7.83. The summed E-state index contributed by atoms with van der Waals surface area (Å²) >= 11 is 0. The van der Waals surface area contributed by atoms with E-state index < -0.39 is 0 Å². The van der Waals surface area contributed by atoms with Gasteiger partial charge in [-0.1, -0.05) is 30.3 Å². The Balaban J connectivity index is 1.28. The van der Waals surface area contributed by atoms with Crippen LogP contribution in [0.3, 0.4) is 0 Å². The zero-order valence-electron chi connectivity index (χ0n) is 15.4. The molecule has 0 saturated heterocycles. The number of nitrogens with zero attached hydrogens (tertiary/aromatic N) is 2. The largest absolute Gasteiger partial charge is 0.335 e. The lowest BCUT2D eigenvalue weighted by Gasteiger charge is -2.24. The van der Waals surface area contributed by atoms with Crippen LogP contribution in [0.15, 0.2) is 36.5 Å². The van der Waals surface area contributed by atoms with E-state index in [1.165, 1.54) is 17.5 Å². The predicted molar refractivity (Wildman–Crippen MR) is 102 cm³/mol. The topological polar surface area (TPSA) is 59.0 Å². The van der Waals surface area contributed by atoms with E-state index in [2.05, 4.69) is 46.1 Å². The summed E-state index contributed by atoms with van der Waals surface area (Å²) in [5.41, 5.74) is 3.71. The molecule has 0 bridgehead atoms. The number of amides is 2. The first-order valence-electron chi connectivity index (χ1n) is 9.81. The molecule has 0 aliphatic heterocycles. The minimum Gasteiger partial charge on any atom is -0.335 e. The van der Waals surface area contributed by atoms with Gasteiger partial charge in [-0.25, -0.2) is 4.79 Å². The normalized spacial score (nSPS) is 24.9. The number of urea groups is 1. The number of aromatic nitrogens is 2. The zero-order valence-corrected chi connectivity index (χ0v) is 15.4. The van der Waals surface area contributed by atoms with E-state index in [9.17, 15) is 4.79 Å². The third-order valence-corrected chi connectivity index (χ3v) is 5.77. The summed E-state index contributed by atoms with van der Waals surface area (Å²) in [5.74, 6) is 0.669. The van der Waals surface area contributed by atoms with Crippen LogP contribution in [-0.2, 0) is 19.9 Å². The van der Waals surface area contributed by atoms with Crippen LogP contribution in [0.1, 0.15) is 55.0 Å². The van der Waals surface area contributed by atoms with Gasteiger partial charge in [-0.3, -0.25) is 4.68 Å². The Morgan fingerprint density at radius 2 is 2.04 bits per heavy atom. The second-order valence-electron chi connectivity index (χ2n) is 7.83. The van der Waals surface area contributed by atoms with Gasteiger partial charge < -0.3 is 10.6 Å². The van der Waals surface area contributed by atoms with Crippen molar-refractivity contribution >= 4 is 6.03 Å². The van der Waals surface area contributed by atoms with Crippen LogP contribution in [0.25, 0.3) is 0 Å². The van der Waals surface area contributed by atoms with Gasteiger partial charge in [0.05, 0.1) is 11.7 Å². The molecule has 0 radical (unpaired) electrons. The first-order chi connectivity index (χ1) is 12.7. The Bertz CT molecular complexity index is 755. The number of carbonyl (C=O) groups excluding carboxylic acids is 1. The molecule has 2 aromatic rings. The Morgan fingerprint density at radius 1 is 1.19 bits per heavy atom. The molecule has 5 heteroatoms. The Labute approximate surface area is 155 Å². The van der Waals surface area contributed by atoms with Crippen LogP contribution < -0.4 is 10.6 Å². The van der Waals surface area contributed by atoms with Gasteiger partial charge in [0, 0.05) is 24.8 Å². The summed E-state index contributed by atoms with van der Waals surface area (Å²) in [6, 6.07) is 11.0. The van der Waals surface area contributed by atoms with Crippen LogP contribution in [-0.4, -0.2) is 21.9 Å². The molecule has 1 heterocycles. The maximum absolute atomic E-state index is 12.5. The highest BCUT2D eigenvalue weighted by Crippen LogP contribution is 2.30. The van der Waals surface area contributed by atoms with Crippen LogP contribution >= 0.6 is 0 Å². The minimum atomic E-state index is -0.0305. The number of fused-ring (bicyclic) bond motifs is 1. The summed E-state index contributed by atoms with van der Waals surface area (Å²) in [5, 5.41) is 10.9. The van der Waals surface area contributed by atoms with E-state index in [1.807, 2.05) is 17.9 Å². The van der Waals surface area contributed by atoms with Gasteiger partial charge in [0.1, 0.15) is 0 Å². The van der Waals surface area contributed by atoms with Crippen molar-refractivity contribution in [3.05, 3.63) is 53.3 Å². The van der Waals surface area contributed by atoms with Gasteiger partial charge in [0.2, 0.25) is 0 Å². The average Bonchev–Trinajstić information content (AvgIpc) is 3.22. The molecule has 1 saturated carbocycles. The van der Waals surface area contributed by atoms with E-state index in [1.54, 1.807) is 0 Å². The SMILES string of the molecule is Cn1cc2c(n1)CCCC2NC(=O)NC1CCC(Cc2ccccc2)C1. The molecule has 2 amide bonds. The molecule has 4 rings (SSSR count). The lowest BCUT2D eigenvalue weighted by atomic mass is 9.93. The Morgan fingerprint density at radius 3 is 2.88 bits per heavy atom. The molecule has 2 aliphatic rings. The van der Waals surface area contributed by atoms with Crippen LogP contribution in [0.2, 0.25) is 0 Å². The summed E-state index contributed by atoms with van der Waals surface area (Å²) in [4.78, 5) is 12.5. The molecule has 138 valence electrons. The number of aryl methyl sites for hydroxylation is 2. The maximum Gasteiger partial charge on any atom is 0.315 e. The van der Waals surface area contributed by atoms with Crippen molar-refractivity contribution in [3.8, 4) is 0 Å². The molecular formula is C21H28N4O. The molecule has 2 aliphatic carbocycles. The van der Waals surface area contributed by atoms with Crippen molar-refractivity contribution in [2.24, 2.45) is 13.0 Å². The standard InChI is InChI=1S/C21H28N4O/c1-25-14-18-19(8-5-9-20(18)24-25)23-21(26)22-17-11-10-16(13-17)12-15-6-3-2-4-7-15/h2-4,6-7,14,16-17,19H,5,8-13H2,1H3,(H2,22,23,26). The van der Waals surface area contributed by atoms with Gasteiger partial charge in [-0.15, -0.1) is 0 Å². The highest BCUT2D eigenvalue weighted by molar-refractivity contribution is 5.75. The minimum absolute atomic E-state index is 0.0305. The second kappa shape index (κ2) is 7.52. The highest BCUT2D eigenvalue weighted by Gasteiger charge is 2.28. The van der Waals surface area contributed by atoms with Gasteiger partial charge in [0.25, 0.3) is 0 Å². The molecule has 1 fully saturated rings. The maximum atomic E-state index is 12.5. The fraction of sp³-hybridized carbons (Fsp3) is 0.524. The summed E-state index contributed by atoms with van der Waals surface area (Å²) in [6.07, 6.45) is 9.59. The number of nitrogens with one attached hydrogen (secondary N) is 2. The average molecular weight is 352 g/mol. The highest BCUT2D eigenvalue weighted by atomic mass is 16.2. The number of rotatable bonds is 4. The molecule has 3 unspecified atom stereocenters. The van der Waals surface area contributed by atoms with Crippen LogP contribution in [0.5, 0.6) is 0 Å². The molecule has 1 aromatic carbocycles. The molecule has 26 heavy (non-hydrogen) atoms. The lowest BCUT2D eigenvalue weighted by molar-refractivity contribution is 0.231. The molecule has 1 aromatic heterocycles. The summed E-state index contributed by atoms with van der Waals surface area (Å²) in [6.45, 7) is 0. The zero-order chi connectivity index (χ0) is 17.9. The van der Waals surface area contributed by atoms with Gasteiger partial charge in [-0.05, 0) is 56.4 Å². The molecule has 5 nitrogen and oxygen atoms in total. The van der Waals surface area contributed by atoms with Crippen molar-refractivity contribution in [1.29, 1.82) is 0 Å². The van der Waals surface area contributed by atoms with Crippen molar-refractivity contribution in [3.63, 3.8) is 0 Å². The quantitative estimate of drug-likeness (QED) is 0.885. The van der Waals surface area contributed by atoms with Gasteiger partial charge in [-0.2, -0.15) is 5.10 Å². The molecule has 3 atom stereocenters. The molecular weight excluding hydrogens is 324 g/mol. The van der Waals surface area contributed by atoms with Crippen molar-refractivity contribution in [2.45, 2.75) is 57.0 Å². The number of hydrogen-bond donors (Lipinski definition) is 2. The summed E-state index contributed by atoms with van der Waals surface area (Å²) < 4.78 is 1.85. The first kappa shape index (κ1) is 17.1. The van der Waals surface area contributed by atoms with E-state index in [0.29, 0.717) is 12.0 Å². The van der Waals surface area contributed by atoms with Gasteiger partial charge >= 0.3 is 6.03 Å². The monoisotopic (exact) mass is 352 g/mol. The Kier molecular flexibility index (Phi) is 4.96. The van der Waals surface area contributed by atoms with E-state index >= 15 is 0 Å². The number of carbonyl (C=O) groups is 1. The first-order valence-corrected chi connectivity index (χ1v) is 9.81.